The maximum atomic E-state index is 13.2. The van der Waals surface area contributed by atoms with Crippen molar-refractivity contribution in [1.82, 2.24) is 4.90 Å². The number of carbonyl (C=O) groups excluding carboxylic acids is 2. The Morgan fingerprint density at radius 3 is 2.85 bits per heavy atom. The quantitative estimate of drug-likeness (QED) is 0.339. The summed E-state index contributed by atoms with van der Waals surface area (Å²) in [6.45, 7) is 9.31. The van der Waals surface area contributed by atoms with Gasteiger partial charge in [-0.1, -0.05) is 63.9 Å². The predicted molar refractivity (Wildman–Crippen MR) is 136 cm³/mol. The summed E-state index contributed by atoms with van der Waals surface area (Å²) in [6, 6.07) is 7.58. The zero-order valence-corrected chi connectivity index (χ0v) is 21.2. The molecule has 1 aromatic carbocycles. The van der Waals surface area contributed by atoms with Gasteiger partial charge in [0.05, 0.1) is 23.9 Å². The summed E-state index contributed by atoms with van der Waals surface area (Å²) in [4.78, 5) is 32.5. The number of allylic oxidation sites excluding steroid dienone is 1. The number of aliphatic imine (C=N–C) groups is 1. The van der Waals surface area contributed by atoms with Crippen molar-refractivity contribution < 1.29 is 14.3 Å². The van der Waals surface area contributed by atoms with E-state index >= 15 is 0 Å². The van der Waals surface area contributed by atoms with Crippen LogP contribution in [0.5, 0.6) is 0 Å². The highest BCUT2D eigenvalue weighted by Gasteiger charge is 2.38. The van der Waals surface area contributed by atoms with Gasteiger partial charge in [0.2, 0.25) is 5.91 Å². The van der Waals surface area contributed by atoms with Gasteiger partial charge in [-0.25, -0.2) is 9.79 Å². The molecule has 2 aliphatic heterocycles. The van der Waals surface area contributed by atoms with Crippen molar-refractivity contribution in [2.45, 2.75) is 72.3 Å². The van der Waals surface area contributed by atoms with Crippen LogP contribution in [0.3, 0.4) is 0 Å². The molecule has 7 heteroatoms. The Hall–Kier alpha value is -2.28. The summed E-state index contributed by atoms with van der Waals surface area (Å²) in [5, 5.41) is 3.99. The number of rotatable bonds is 10. The zero-order valence-electron chi connectivity index (χ0n) is 20.4. The third-order valence-corrected chi connectivity index (χ3v) is 6.85. The number of unbranched alkanes of at least 4 members (excludes halogenated alkanes) is 3. The largest absolute Gasteiger partial charge is 0.462 e. The van der Waals surface area contributed by atoms with Crippen LogP contribution in [0.15, 0.2) is 40.5 Å². The molecule has 1 unspecified atom stereocenters. The van der Waals surface area contributed by atoms with Crippen LogP contribution in [0.25, 0.3) is 0 Å². The van der Waals surface area contributed by atoms with Gasteiger partial charge in [-0.15, -0.1) is 0 Å². The standard InChI is InChI=1S/C26H37N3O3S/c1-5-6-7-8-13-22(30)28-21-12-9-11-20(16-21)24-23(25(31)32-17-18(2)3)19(4)27-26-29(24)14-10-15-33-26/h9,11-12,16,18,24H,5-8,10,13-15,17H2,1-4H3,(H,28,30). The lowest BCUT2D eigenvalue weighted by Gasteiger charge is -2.40. The topological polar surface area (TPSA) is 71.0 Å². The van der Waals surface area contributed by atoms with E-state index in [-0.39, 0.29) is 23.8 Å². The van der Waals surface area contributed by atoms with Crippen molar-refractivity contribution >= 4 is 34.5 Å². The van der Waals surface area contributed by atoms with Crippen LogP contribution in [-0.2, 0) is 14.3 Å². The molecule has 6 nitrogen and oxygen atoms in total. The smallest absolute Gasteiger partial charge is 0.338 e. The minimum Gasteiger partial charge on any atom is -0.462 e. The fraction of sp³-hybridized carbons (Fsp3) is 0.577. The lowest BCUT2D eigenvalue weighted by molar-refractivity contribution is -0.141. The van der Waals surface area contributed by atoms with E-state index in [0.29, 0.717) is 24.3 Å². The molecule has 0 aromatic heterocycles. The van der Waals surface area contributed by atoms with Crippen molar-refractivity contribution in [1.29, 1.82) is 0 Å². The van der Waals surface area contributed by atoms with Crippen molar-refractivity contribution in [3.63, 3.8) is 0 Å². The van der Waals surface area contributed by atoms with Crippen LogP contribution in [0, 0.1) is 5.92 Å². The van der Waals surface area contributed by atoms with Gasteiger partial charge in [0.15, 0.2) is 5.17 Å². The van der Waals surface area contributed by atoms with E-state index in [1.807, 2.05) is 45.0 Å². The summed E-state index contributed by atoms with van der Waals surface area (Å²) in [6.07, 6.45) is 5.84. The Bertz CT molecular complexity index is 910. The average Bonchev–Trinajstić information content (AvgIpc) is 2.79. The van der Waals surface area contributed by atoms with Gasteiger partial charge in [-0.3, -0.25) is 4.79 Å². The average molecular weight is 472 g/mol. The Kier molecular flexibility index (Phi) is 9.41. The highest BCUT2D eigenvalue weighted by molar-refractivity contribution is 8.13. The summed E-state index contributed by atoms with van der Waals surface area (Å²) < 4.78 is 5.63. The van der Waals surface area contributed by atoms with E-state index < -0.39 is 0 Å². The minimum atomic E-state index is -0.310. The molecule has 0 saturated carbocycles. The monoisotopic (exact) mass is 471 g/mol. The Labute approximate surface area is 202 Å². The predicted octanol–water partition coefficient (Wildman–Crippen LogP) is 5.92. The van der Waals surface area contributed by atoms with Crippen LogP contribution < -0.4 is 5.32 Å². The fourth-order valence-corrected chi connectivity index (χ4v) is 5.14. The highest BCUT2D eigenvalue weighted by atomic mass is 32.2. The minimum absolute atomic E-state index is 0.0333. The SMILES string of the molecule is CCCCCCC(=O)Nc1cccc(C2C(C(=O)OCC(C)C)=C(C)N=C3SCCCN32)c1. The van der Waals surface area contributed by atoms with Crippen molar-refractivity contribution in [2.75, 3.05) is 24.2 Å². The van der Waals surface area contributed by atoms with Crippen LogP contribution in [0.2, 0.25) is 0 Å². The van der Waals surface area contributed by atoms with Crippen LogP contribution in [0.1, 0.15) is 77.8 Å². The van der Waals surface area contributed by atoms with Gasteiger partial charge >= 0.3 is 5.97 Å². The first-order valence-corrected chi connectivity index (χ1v) is 13.1. The van der Waals surface area contributed by atoms with Gasteiger partial charge in [0.25, 0.3) is 0 Å². The number of amidine groups is 1. The van der Waals surface area contributed by atoms with E-state index in [1.165, 1.54) is 0 Å². The second-order valence-corrected chi connectivity index (χ2v) is 10.2. The molecular weight excluding hydrogens is 434 g/mol. The van der Waals surface area contributed by atoms with Gasteiger partial charge in [-0.05, 0) is 43.4 Å². The molecule has 33 heavy (non-hydrogen) atoms. The molecule has 1 atom stereocenters. The summed E-state index contributed by atoms with van der Waals surface area (Å²) in [5.74, 6) is 1.01. The zero-order chi connectivity index (χ0) is 23.8. The normalized spacial score (nSPS) is 18.2. The number of anilines is 1. The number of esters is 1. The van der Waals surface area contributed by atoms with Crippen LogP contribution >= 0.6 is 11.8 Å². The molecule has 2 heterocycles. The highest BCUT2D eigenvalue weighted by Crippen LogP contribution is 2.40. The van der Waals surface area contributed by atoms with Gasteiger partial charge in [-0.2, -0.15) is 0 Å². The number of carbonyl (C=O) groups is 2. The lowest BCUT2D eigenvalue weighted by atomic mass is 9.94. The van der Waals surface area contributed by atoms with Gasteiger partial charge in [0, 0.05) is 24.4 Å². The van der Waals surface area contributed by atoms with Crippen LogP contribution in [0.4, 0.5) is 5.69 Å². The van der Waals surface area contributed by atoms with Crippen molar-refractivity contribution in [3.8, 4) is 0 Å². The first-order valence-electron chi connectivity index (χ1n) is 12.2. The number of nitrogens with zero attached hydrogens (tertiary/aromatic N) is 2. The Morgan fingerprint density at radius 2 is 2.09 bits per heavy atom. The Morgan fingerprint density at radius 1 is 1.27 bits per heavy atom. The molecule has 2 aliphatic rings. The van der Waals surface area contributed by atoms with Gasteiger partial charge < -0.3 is 15.0 Å². The number of thioether (sulfide) groups is 1. The van der Waals surface area contributed by atoms with Gasteiger partial charge in [0.1, 0.15) is 0 Å². The molecular formula is C26H37N3O3S. The molecule has 0 radical (unpaired) electrons. The molecule has 0 spiro atoms. The second-order valence-electron chi connectivity index (χ2n) is 9.17. The van der Waals surface area contributed by atoms with E-state index in [4.69, 9.17) is 9.73 Å². The molecule has 1 fully saturated rings. The molecule has 1 aromatic rings. The fourth-order valence-electron chi connectivity index (χ4n) is 4.12. The summed E-state index contributed by atoms with van der Waals surface area (Å²) >= 11 is 1.73. The number of ether oxygens (including phenoxy) is 1. The molecule has 0 aliphatic carbocycles. The Balaban J connectivity index is 1.85. The van der Waals surface area contributed by atoms with Crippen LogP contribution in [-0.4, -0.2) is 40.8 Å². The number of hydrogen-bond donors (Lipinski definition) is 1. The molecule has 180 valence electrons. The van der Waals surface area contributed by atoms with E-state index in [9.17, 15) is 9.59 Å². The third kappa shape index (κ3) is 6.85. The molecule has 0 bridgehead atoms. The maximum absolute atomic E-state index is 13.2. The molecule has 1 saturated heterocycles. The number of hydrogen-bond acceptors (Lipinski definition) is 6. The molecule has 3 rings (SSSR count). The number of nitrogens with one attached hydrogen (secondary N) is 1. The second kappa shape index (κ2) is 12.3. The van der Waals surface area contributed by atoms with E-state index in [2.05, 4.69) is 17.1 Å². The first kappa shape index (κ1) is 25.3. The number of amides is 1. The summed E-state index contributed by atoms with van der Waals surface area (Å²) in [7, 11) is 0. The van der Waals surface area contributed by atoms with E-state index in [0.717, 1.165) is 60.8 Å². The maximum Gasteiger partial charge on any atom is 0.338 e. The van der Waals surface area contributed by atoms with Crippen molar-refractivity contribution in [3.05, 3.63) is 41.1 Å². The van der Waals surface area contributed by atoms with E-state index in [1.54, 1.807) is 11.8 Å². The van der Waals surface area contributed by atoms with Crippen molar-refractivity contribution in [2.24, 2.45) is 10.9 Å². The summed E-state index contributed by atoms with van der Waals surface area (Å²) in [5.41, 5.74) is 3.02. The molecule has 1 amide bonds. The number of fused-ring (bicyclic) bond motifs is 1. The number of benzene rings is 1. The third-order valence-electron chi connectivity index (χ3n) is 5.77. The lowest BCUT2D eigenvalue weighted by Crippen LogP contribution is -2.42. The molecule has 1 N–H and O–H groups in total. The first-order chi connectivity index (χ1) is 15.9.